The Morgan fingerprint density at radius 1 is 1.08 bits per heavy atom. The Morgan fingerprint density at radius 2 is 1.84 bits per heavy atom. The summed E-state index contributed by atoms with van der Waals surface area (Å²) in [6.45, 7) is 0. The van der Waals surface area contributed by atoms with Gasteiger partial charge < -0.3 is 15.7 Å². The van der Waals surface area contributed by atoms with Crippen molar-refractivity contribution >= 4 is 54.1 Å². The summed E-state index contributed by atoms with van der Waals surface area (Å²) < 4.78 is 1.38. The Bertz CT molecular complexity index is 973. The largest absolute Gasteiger partial charge is 0.506 e. The van der Waals surface area contributed by atoms with Gasteiger partial charge in [0.25, 0.3) is 5.91 Å². The van der Waals surface area contributed by atoms with Crippen molar-refractivity contribution in [3.05, 3.63) is 67.9 Å². The zero-order chi connectivity index (χ0) is 17.6. The van der Waals surface area contributed by atoms with Gasteiger partial charge in [-0.15, -0.1) is 11.3 Å². The molecule has 0 aliphatic carbocycles. The lowest BCUT2D eigenvalue weighted by molar-refractivity contribution is 0.0937. The van der Waals surface area contributed by atoms with E-state index in [0.29, 0.717) is 15.6 Å². The number of carbonyl (C=O) groups excluding carboxylic acids is 1. The fourth-order valence-electron chi connectivity index (χ4n) is 2.85. The van der Waals surface area contributed by atoms with E-state index in [1.165, 1.54) is 11.3 Å². The summed E-state index contributed by atoms with van der Waals surface area (Å²) >= 11 is 8.23. The maximum absolute atomic E-state index is 12.8. The van der Waals surface area contributed by atoms with Crippen molar-refractivity contribution in [2.24, 2.45) is 0 Å². The van der Waals surface area contributed by atoms with E-state index in [0.717, 1.165) is 20.6 Å². The van der Waals surface area contributed by atoms with Gasteiger partial charge in [-0.1, -0.05) is 46.3 Å². The van der Waals surface area contributed by atoms with Crippen LogP contribution in [0, 0.1) is 0 Å². The van der Waals surface area contributed by atoms with Gasteiger partial charge in [-0.2, -0.15) is 0 Å². The highest BCUT2D eigenvalue weighted by Gasteiger charge is 2.31. The highest BCUT2D eigenvalue weighted by atomic mass is 79.9. The third kappa shape index (κ3) is 2.96. The molecule has 3 aromatic rings. The number of carbonyl (C=O) groups is 1. The first-order chi connectivity index (χ1) is 12.0. The highest BCUT2D eigenvalue weighted by molar-refractivity contribution is 9.11. The molecule has 1 aliphatic heterocycles. The lowest BCUT2D eigenvalue weighted by Crippen LogP contribution is -2.38. The molecule has 0 unspecified atom stereocenters. The summed E-state index contributed by atoms with van der Waals surface area (Å²) in [6.07, 6.45) is -0.504. The van der Waals surface area contributed by atoms with E-state index in [9.17, 15) is 9.90 Å². The highest BCUT2D eigenvalue weighted by Crippen LogP contribution is 2.42. The standard InChI is InChI=1S/C18H12Br2N2O2S/c19-10-6-11(15(23)13(20)7-10)16-21-17(24)14-12(8-25-18(14)22-16)9-4-2-1-3-5-9/h1-8,16,22-23H,(H,21,24)/t16-/m0/s1. The first-order valence-corrected chi connectivity index (χ1v) is 9.93. The van der Waals surface area contributed by atoms with Crippen molar-refractivity contribution in [1.82, 2.24) is 5.32 Å². The van der Waals surface area contributed by atoms with Crippen LogP contribution in [0.3, 0.4) is 0 Å². The third-order valence-corrected chi connectivity index (χ3v) is 6.00. The number of fused-ring (bicyclic) bond motifs is 1. The van der Waals surface area contributed by atoms with Crippen LogP contribution in [0.2, 0.25) is 0 Å². The Morgan fingerprint density at radius 3 is 2.60 bits per heavy atom. The molecular formula is C18H12Br2N2O2S. The van der Waals surface area contributed by atoms with Gasteiger partial charge in [0.05, 0.1) is 10.0 Å². The smallest absolute Gasteiger partial charge is 0.256 e. The molecule has 0 saturated carbocycles. The molecule has 7 heteroatoms. The summed E-state index contributed by atoms with van der Waals surface area (Å²) in [5.74, 6) is -0.0568. The molecule has 1 aromatic heterocycles. The molecular weight excluding hydrogens is 468 g/mol. The van der Waals surface area contributed by atoms with E-state index in [4.69, 9.17) is 0 Å². The second kappa shape index (κ2) is 6.48. The van der Waals surface area contributed by atoms with Gasteiger partial charge >= 0.3 is 0 Å². The number of phenolic OH excluding ortho intramolecular Hbond substituents is 1. The second-order valence-corrected chi connectivity index (χ2v) is 8.25. The molecule has 1 aliphatic rings. The normalized spacial score (nSPS) is 16.1. The number of rotatable bonds is 2. The molecule has 0 bridgehead atoms. The third-order valence-electron chi connectivity index (χ3n) is 4.02. The summed E-state index contributed by atoms with van der Waals surface area (Å²) in [5.41, 5.74) is 3.14. The number of thiophene rings is 1. The number of anilines is 1. The minimum Gasteiger partial charge on any atom is -0.506 e. The fourth-order valence-corrected chi connectivity index (χ4v) is 5.11. The number of hydrogen-bond acceptors (Lipinski definition) is 4. The number of nitrogens with one attached hydrogen (secondary N) is 2. The van der Waals surface area contributed by atoms with Gasteiger partial charge in [-0.3, -0.25) is 4.79 Å². The molecule has 2 heterocycles. The molecule has 3 N–H and O–H groups in total. The van der Waals surface area contributed by atoms with Gasteiger partial charge in [-0.05, 0) is 33.6 Å². The van der Waals surface area contributed by atoms with Crippen LogP contribution >= 0.6 is 43.2 Å². The molecule has 25 heavy (non-hydrogen) atoms. The summed E-state index contributed by atoms with van der Waals surface area (Å²) in [4.78, 5) is 12.8. The maximum Gasteiger partial charge on any atom is 0.256 e. The minimum atomic E-state index is -0.504. The predicted molar refractivity (Wildman–Crippen MR) is 107 cm³/mol. The van der Waals surface area contributed by atoms with Gasteiger partial charge in [0.15, 0.2) is 0 Å². The molecule has 2 aromatic carbocycles. The first-order valence-electron chi connectivity index (χ1n) is 7.47. The average molecular weight is 480 g/mol. The fraction of sp³-hybridized carbons (Fsp3) is 0.0556. The average Bonchev–Trinajstić information content (AvgIpc) is 3.03. The Labute approximate surface area is 165 Å². The summed E-state index contributed by atoms with van der Waals surface area (Å²) in [6, 6.07) is 13.4. The van der Waals surface area contributed by atoms with Crippen LogP contribution in [-0.4, -0.2) is 11.0 Å². The van der Waals surface area contributed by atoms with E-state index in [-0.39, 0.29) is 11.7 Å². The first kappa shape index (κ1) is 16.6. The number of halogens is 2. The van der Waals surface area contributed by atoms with E-state index in [2.05, 4.69) is 42.5 Å². The molecule has 0 saturated heterocycles. The predicted octanol–water partition coefficient (Wildman–Crippen LogP) is 5.50. The number of hydrogen-bond donors (Lipinski definition) is 3. The number of phenols is 1. The zero-order valence-corrected chi connectivity index (χ0v) is 16.7. The van der Waals surface area contributed by atoms with Gasteiger partial charge in [0.1, 0.15) is 16.9 Å². The van der Waals surface area contributed by atoms with Crippen LogP contribution in [0.4, 0.5) is 5.00 Å². The van der Waals surface area contributed by atoms with Crippen molar-refractivity contribution in [2.45, 2.75) is 6.17 Å². The van der Waals surface area contributed by atoms with Crippen LogP contribution in [-0.2, 0) is 0 Å². The van der Waals surface area contributed by atoms with Crippen LogP contribution in [0.15, 0.2) is 56.8 Å². The number of aromatic hydroxyl groups is 1. The van der Waals surface area contributed by atoms with Crippen molar-refractivity contribution in [1.29, 1.82) is 0 Å². The van der Waals surface area contributed by atoms with Crippen molar-refractivity contribution in [3.63, 3.8) is 0 Å². The molecule has 1 atom stereocenters. The van der Waals surface area contributed by atoms with Crippen molar-refractivity contribution in [2.75, 3.05) is 5.32 Å². The molecule has 4 nitrogen and oxygen atoms in total. The summed E-state index contributed by atoms with van der Waals surface area (Å²) in [5, 5.41) is 19.4. The monoisotopic (exact) mass is 478 g/mol. The SMILES string of the molecule is O=C1N[C@H](c2cc(Br)cc(Br)c2O)Nc2scc(-c3ccccc3)c21. The van der Waals surface area contributed by atoms with Crippen LogP contribution in [0.25, 0.3) is 11.1 Å². The molecule has 0 spiro atoms. The molecule has 126 valence electrons. The van der Waals surface area contributed by atoms with E-state index in [1.54, 1.807) is 12.1 Å². The van der Waals surface area contributed by atoms with Crippen LogP contribution in [0.1, 0.15) is 22.1 Å². The second-order valence-electron chi connectivity index (χ2n) is 5.60. The van der Waals surface area contributed by atoms with E-state index < -0.39 is 6.17 Å². The summed E-state index contributed by atoms with van der Waals surface area (Å²) in [7, 11) is 0. The van der Waals surface area contributed by atoms with Crippen LogP contribution < -0.4 is 10.6 Å². The van der Waals surface area contributed by atoms with E-state index in [1.807, 2.05) is 35.7 Å². The lowest BCUT2D eigenvalue weighted by Gasteiger charge is -2.27. The zero-order valence-electron chi connectivity index (χ0n) is 12.7. The number of benzene rings is 2. The van der Waals surface area contributed by atoms with Gasteiger partial charge in [0.2, 0.25) is 0 Å². The minimum absolute atomic E-state index is 0.101. The molecule has 0 fully saturated rings. The molecule has 0 radical (unpaired) electrons. The van der Waals surface area contributed by atoms with E-state index >= 15 is 0 Å². The van der Waals surface area contributed by atoms with Crippen molar-refractivity contribution < 1.29 is 9.90 Å². The van der Waals surface area contributed by atoms with Gasteiger partial charge in [-0.25, -0.2) is 0 Å². The topological polar surface area (TPSA) is 61.4 Å². The maximum atomic E-state index is 12.8. The van der Waals surface area contributed by atoms with Crippen molar-refractivity contribution in [3.8, 4) is 16.9 Å². The Balaban J connectivity index is 1.75. The Kier molecular flexibility index (Phi) is 4.31. The molecule has 4 rings (SSSR count). The quantitative estimate of drug-likeness (QED) is 0.454. The molecule has 1 amide bonds. The number of amides is 1. The van der Waals surface area contributed by atoms with Crippen LogP contribution in [0.5, 0.6) is 5.75 Å². The Hall–Kier alpha value is -1.83. The lowest BCUT2D eigenvalue weighted by atomic mass is 10.0. The van der Waals surface area contributed by atoms with Gasteiger partial charge in [0, 0.05) is 21.0 Å².